The summed E-state index contributed by atoms with van der Waals surface area (Å²) in [5.74, 6) is 2.04. The molecular formula is C13H24N4O. The average molecular weight is 252 g/mol. The number of hydrogen-bond donors (Lipinski definition) is 1. The van der Waals surface area contributed by atoms with Gasteiger partial charge in [-0.15, -0.1) is 0 Å². The van der Waals surface area contributed by atoms with Gasteiger partial charge in [0, 0.05) is 25.7 Å². The van der Waals surface area contributed by atoms with Gasteiger partial charge in [-0.2, -0.15) is 0 Å². The number of aromatic nitrogens is 2. The lowest BCUT2D eigenvalue weighted by Crippen LogP contribution is -2.33. The van der Waals surface area contributed by atoms with Crippen molar-refractivity contribution in [3.8, 4) is 5.88 Å². The maximum atomic E-state index is 5.64. The molecule has 5 heteroatoms. The summed E-state index contributed by atoms with van der Waals surface area (Å²) < 4.78 is 5.58. The molecule has 0 aliphatic rings. The van der Waals surface area contributed by atoms with Gasteiger partial charge < -0.3 is 15.4 Å². The van der Waals surface area contributed by atoms with Crippen molar-refractivity contribution in [1.29, 1.82) is 0 Å². The third-order valence-electron chi connectivity index (χ3n) is 2.29. The molecular weight excluding hydrogens is 228 g/mol. The zero-order valence-corrected chi connectivity index (χ0v) is 11.8. The number of nitrogens with two attached hydrogens (primary N) is 1. The Kier molecular flexibility index (Phi) is 5.85. The zero-order chi connectivity index (χ0) is 13.5. The van der Waals surface area contributed by atoms with Crippen molar-refractivity contribution in [3.63, 3.8) is 0 Å². The van der Waals surface area contributed by atoms with Gasteiger partial charge in [0.15, 0.2) is 0 Å². The molecule has 1 aromatic rings. The molecule has 0 saturated carbocycles. The van der Waals surface area contributed by atoms with E-state index in [1.54, 1.807) is 0 Å². The minimum Gasteiger partial charge on any atom is -0.475 e. The topological polar surface area (TPSA) is 64.3 Å². The molecule has 1 heterocycles. The maximum Gasteiger partial charge on any atom is 0.218 e. The molecule has 0 atom stereocenters. The highest BCUT2D eigenvalue weighted by Gasteiger charge is 2.11. The SMILES string of the molecule is CC(C)CN(CCN)c1cc(OC(C)C)ncn1. The molecule has 1 rings (SSSR count). The van der Waals surface area contributed by atoms with Crippen molar-refractivity contribution in [2.75, 3.05) is 24.5 Å². The van der Waals surface area contributed by atoms with Crippen LogP contribution in [0, 0.1) is 5.92 Å². The van der Waals surface area contributed by atoms with Gasteiger partial charge in [-0.25, -0.2) is 9.97 Å². The van der Waals surface area contributed by atoms with Crippen LogP contribution in [0.25, 0.3) is 0 Å². The lowest BCUT2D eigenvalue weighted by molar-refractivity contribution is 0.232. The van der Waals surface area contributed by atoms with Crippen molar-refractivity contribution in [3.05, 3.63) is 12.4 Å². The van der Waals surface area contributed by atoms with Crippen LogP contribution in [0.3, 0.4) is 0 Å². The smallest absolute Gasteiger partial charge is 0.218 e. The minimum atomic E-state index is 0.112. The number of ether oxygens (including phenoxy) is 1. The Balaban J connectivity index is 2.83. The summed E-state index contributed by atoms with van der Waals surface area (Å²) in [6.45, 7) is 10.6. The second-order valence-corrected chi connectivity index (χ2v) is 5.01. The Hall–Kier alpha value is -1.36. The van der Waals surface area contributed by atoms with Gasteiger partial charge in [-0.1, -0.05) is 13.8 Å². The van der Waals surface area contributed by atoms with Gasteiger partial charge in [-0.05, 0) is 19.8 Å². The molecule has 18 heavy (non-hydrogen) atoms. The van der Waals surface area contributed by atoms with Crippen LogP contribution in [0.1, 0.15) is 27.7 Å². The van der Waals surface area contributed by atoms with Crippen molar-refractivity contribution < 1.29 is 4.74 Å². The van der Waals surface area contributed by atoms with Crippen LogP contribution in [0.15, 0.2) is 12.4 Å². The molecule has 102 valence electrons. The molecule has 0 aliphatic carbocycles. The first kappa shape index (κ1) is 14.7. The first-order chi connectivity index (χ1) is 8.52. The predicted molar refractivity (Wildman–Crippen MR) is 73.9 cm³/mol. The van der Waals surface area contributed by atoms with E-state index >= 15 is 0 Å². The Labute approximate surface area is 109 Å². The van der Waals surface area contributed by atoms with E-state index in [4.69, 9.17) is 10.5 Å². The van der Waals surface area contributed by atoms with Crippen LogP contribution < -0.4 is 15.4 Å². The molecule has 0 amide bonds. The standard InChI is InChI=1S/C13H24N4O/c1-10(2)8-17(6-5-14)12-7-13(16-9-15-12)18-11(3)4/h7,9-11H,5-6,8,14H2,1-4H3. The maximum absolute atomic E-state index is 5.64. The molecule has 1 aromatic heterocycles. The highest BCUT2D eigenvalue weighted by atomic mass is 16.5. The number of hydrogen-bond acceptors (Lipinski definition) is 5. The van der Waals surface area contributed by atoms with E-state index in [1.807, 2.05) is 19.9 Å². The molecule has 0 fully saturated rings. The second-order valence-electron chi connectivity index (χ2n) is 5.01. The van der Waals surface area contributed by atoms with E-state index in [1.165, 1.54) is 6.33 Å². The second kappa shape index (κ2) is 7.16. The van der Waals surface area contributed by atoms with Gasteiger partial charge in [0.05, 0.1) is 6.10 Å². The van der Waals surface area contributed by atoms with Crippen LogP contribution in [-0.2, 0) is 0 Å². The van der Waals surface area contributed by atoms with Crippen LogP contribution in [0.2, 0.25) is 0 Å². The quantitative estimate of drug-likeness (QED) is 0.800. The summed E-state index contributed by atoms with van der Waals surface area (Å²) in [4.78, 5) is 10.6. The predicted octanol–water partition coefficient (Wildman–Crippen LogP) is 1.68. The lowest BCUT2D eigenvalue weighted by Gasteiger charge is -2.25. The van der Waals surface area contributed by atoms with Crippen LogP contribution >= 0.6 is 0 Å². The third-order valence-corrected chi connectivity index (χ3v) is 2.29. The molecule has 0 unspecified atom stereocenters. The van der Waals surface area contributed by atoms with Crippen molar-refractivity contribution in [1.82, 2.24) is 9.97 Å². The van der Waals surface area contributed by atoms with Gasteiger partial charge in [0.25, 0.3) is 0 Å². The van der Waals surface area contributed by atoms with Crippen LogP contribution in [0.4, 0.5) is 5.82 Å². The number of anilines is 1. The van der Waals surface area contributed by atoms with E-state index < -0.39 is 0 Å². The van der Waals surface area contributed by atoms with E-state index in [9.17, 15) is 0 Å². The number of rotatable bonds is 7. The highest BCUT2D eigenvalue weighted by molar-refractivity contribution is 5.40. The van der Waals surface area contributed by atoms with Crippen molar-refractivity contribution in [2.24, 2.45) is 11.7 Å². The summed E-state index contributed by atoms with van der Waals surface area (Å²) in [6, 6.07) is 1.87. The van der Waals surface area contributed by atoms with Crippen molar-refractivity contribution >= 4 is 5.82 Å². The molecule has 2 N–H and O–H groups in total. The fraction of sp³-hybridized carbons (Fsp3) is 0.692. The largest absolute Gasteiger partial charge is 0.475 e. The highest BCUT2D eigenvalue weighted by Crippen LogP contribution is 2.17. The first-order valence-corrected chi connectivity index (χ1v) is 6.46. The number of nitrogens with zero attached hydrogens (tertiary/aromatic N) is 3. The normalized spacial score (nSPS) is 11.1. The molecule has 0 radical (unpaired) electrons. The van der Waals surface area contributed by atoms with E-state index in [0.29, 0.717) is 18.3 Å². The Bertz CT molecular complexity index is 355. The fourth-order valence-electron chi connectivity index (χ4n) is 1.70. The molecule has 5 nitrogen and oxygen atoms in total. The van der Waals surface area contributed by atoms with E-state index in [-0.39, 0.29) is 6.10 Å². The third kappa shape index (κ3) is 4.87. The van der Waals surface area contributed by atoms with Gasteiger partial charge in [-0.3, -0.25) is 0 Å². The average Bonchev–Trinajstić information content (AvgIpc) is 2.27. The molecule has 0 aromatic carbocycles. The minimum absolute atomic E-state index is 0.112. The lowest BCUT2D eigenvalue weighted by atomic mass is 10.2. The Morgan fingerprint density at radius 2 is 2.00 bits per heavy atom. The molecule has 0 bridgehead atoms. The summed E-state index contributed by atoms with van der Waals surface area (Å²) in [5, 5.41) is 0. The van der Waals surface area contributed by atoms with Gasteiger partial charge in [0.1, 0.15) is 12.1 Å². The summed E-state index contributed by atoms with van der Waals surface area (Å²) in [7, 11) is 0. The molecule has 0 spiro atoms. The summed E-state index contributed by atoms with van der Waals surface area (Å²) in [6.07, 6.45) is 1.65. The summed E-state index contributed by atoms with van der Waals surface area (Å²) >= 11 is 0. The van der Waals surface area contributed by atoms with Gasteiger partial charge in [0.2, 0.25) is 5.88 Å². The molecule has 0 aliphatic heterocycles. The van der Waals surface area contributed by atoms with Gasteiger partial charge >= 0.3 is 0 Å². The molecule has 0 saturated heterocycles. The van der Waals surface area contributed by atoms with Crippen LogP contribution in [0.5, 0.6) is 5.88 Å². The van der Waals surface area contributed by atoms with Crippen LogP contribution in [-0.4, -0.2) is 35.7 Å². The van der Waals surface area contributed by atoms with E-state index in [0.717, 1.165) is 18.9 Å². The Morgan fingerprint density at radius 1 is 1.28 bits per heavy atom. The zero-order valence-electron chi connectivity index (χ0n) is 11.8. The van der Waals surface area contributed by atoms with Crippen molar-refractivity contribution in [2.45, 2.75) is 33.8 Å². The summed E-state index contributed by atoms with van der Waals surface area (Å²) in [5.41, 5.74) is 5.64. The monoisotopic (exact) mass is 252 g/mol. The van der Waals surface area contributed by atoms with E-state index in [2.05, 4.69) is 28.7 Å². The Morgan fingerprint density at radius 3 is 2.56 bits per heavy atom. The first-order valence-electron chi connectivity index (χ1n) is 6.46. The fourth-order valence-corrected chi connectivity index (χ4v) is 1.70.